The Morgan fingerprint density at radius 3 is 2.93 bits per heavy atom. The van der Waals surface area contributed by atoms with Crippen molar-refractivity contribution in [3.63, 3.8) is 0 Å². The SMILES string of the molecule is CN1CCc2c(sc3c2C(=O)NC(c2ccc(-c4ccccc4Cl)o2)N3)C1. The van der Waals surface area contributed by atoms with Crippen molar-refractivity contribution in [2.24, 2.45) is 0 Å². The first kappa shape index (κ1) is 16.9. The molecule has 0 spiro atoms. The lowest BCUT2D eigenvalue weighted by Gasteiger charge is -2.26. The molecule has 1 unspecified atom stereocenters. The van der Waals surface area contributed by atoms with E-state index >= 15 is 0 Å². The van der Waals surface area contributed by atoms with Gasteiger partial charge in [0.25, 0.3) is 5.91 Å². The third-order valence-corrected chi connectivity index (χ3v) is 6.55. The Hall–Kier alpha value is -2.28. The van der Waals surface area contributed by atoms with Gasteiger partial charge in [-0.15, -0.1) is 11.3 Å². The summed E-state index contributed by atoms with van der Waals surface area (Å²) in [4.78, 5) is 16.3. The van der Waals surface area contributed by atoms with E-state index in [0.717, 1.165) is 35.6 Å². The maximum Gasteiger partial charge on any atom is 0.256 e. The molecule has 1 atom stereocenters. The highest BCUT2D eigenvalue weighted by Gasteiger charge is 2.33. The van der Waals surface area contributed by atoms with Gasteiger partial charge in [-0.05, 0) is 43.3 Å². The van der Waals surface area contributed by atoms with Crippen molar-refractivity contribution >= 4 is 33.8 Å². The van der Waals surface area contributed by atoms with Gasteiger partial charge in [0.05, 0.1) is 10.6 Å². The Balaban J connectivity index is 1.46. The second-order valence-corrected chi connectivity index (χ2v) is 8.44. The summed E-state index contributed by atoms with van der Waals surface area (Å²) in [6, 6.07) is 11.3. The molecule has 5 nitrogen and oxygen atoms in total. The fourth-order valence-electron chi connectivity index (χ4n) is 3.70. The Labute approximate surface area is 165 Å². The molecule has 4 heterocycles. The van der Waals surface area contributed by atoms with E-state index in [1.807, 2.05) is 36.4 Å². The van der Waals surface area contributed by atoms with E-state index in [4.69, 9.17) is 16.0 Å². The molecule has 0 bridgehead atoms. The van der Waals surface area contributed by atoms with E-state index in [2.05, 4.69) is 22.6 Å². The van der Waals surface area contributed by atoms with Crippen LogP contribution in [0.5, 0.6) is 0 Å². The lowest BCUT2D eigenvalue weighted by molar-refractivity contribution is 0.0930. The maximum absolute atomic E-state index is 12.8. The molecule has 0 aliphatic carbocycles. The molecule has 5 rings (SSSR count). The van der Waals surface area contributed by atoms with Crippen molar-refractivity contribution in [1.29, 1.82) is 0 Å². The number of carbonyl (C=O) groups excluding carboxylic acids is 1. The summed E-state index contributed by atoms with van der Waals surface area (Å²) in [7, 11) is 2.11. The number of likely N-dealkylation sites (N-methyl/N-ethyl adjacent to an activating group) is 1. The van der Waals surface area contributed by atoms with Crippen molar-refractivity contribution in [3.8, 4) is 11.3 Å². The fraction of sp³-hybridized carbons (Fsp3) is 0.250. The summed E-state index contributed by atoms with van der Waals surface area (Å²) < 4.78 is 6.01. The zero-order chi connectivity index (χ0) is 18.5. The van der Waals surface area contributed by atoms with Gasteiger partial charge in [0, 0.05) is 23.5 Å². The van der Waals surface area contributed by atoms with Crippen LogP contribution < -0.4 is 10.6 Å². The van der Waals surface area contributed by atoms with E-state index < -0.39 is 0 Å². The first-order valence-corrected chi connectivity index (χ1v) is 10.0. The molecule has 7 heteroatoms. The first-order valence-electron chi connectivity index (χ1n) is 8.85. The van der Waals surface area contributed by atoms with E-state index in [1.165, 1.54) is 10.4 Å². The molecule has 1 aromatic carbocycles. The molecule has 0 radical (unpaired) electrons. The van der Waals surface area contributed by atoms with E-state index in [0.29, 0.717) is 16.5 Å². The van der Waals surface area contributed by atoms with Crippen molar-refractivity contribution in [2.75, 3.05) is 18.9 Å². The van der Waals surface area contributed by atoms with Gasteiger partial charge in [0.1, 0.15) is 16.5 Å². The molecule has 2 aliphatic heterocycles. The summed E-state index contributed by atoms with van der Waals surface area (Å²) in [6.07, 6.45) is 0.522. The zero-order valence-corrected chi connectivity index (χ0v) is 16.3. The van der Waals surface area contributed by atoms with Gasteiger partial charge in [-0.3, -0.25) is 4.79 Å². The van der Waals surface area contributed by atoms with Crippen LogP contribution in [-0.2, 0) is 13.0 Å². The van der Waals surface area contributed by atoms with Crippen LogP contribution in [0.25, 0.3) is 11.3 Å². The van der Waals surface area contributed by atoms with Crippen molar-refractivity contribution in [3.05, 3.63) is 63.2 Å². The first-order chi connectivity index (χ1) is 13.1. The van der Waals surface area contributed by atoms with Gasteiger partial charge in [-0.1, -0.05) is 23.7 Å². The van der Waals surface area contributed by atoms with Gasteiger partial charge >= 0.3 is 0 Å². The highest BCUT2D eigenvalue weighted by molar-refractivity contribution is 7.16. The van der Waals surface area contributed by atoms with Crippen LogP contribution in [0.3, 0.4) is 0 Å². The number of thiophene rings is 1. The number of fused-ring (bicyclic) bond motifs is 3. The number of hydrogen-bond acceptors (Lipinski definition) is 5. The normalized spacial score (nSPS) is 19.2. The average molecular weight is 400 g/mol. The largest absolute Gasteiger partial charge is 0.457 e. The number of halogens is 1. The minimum atomic E-state index is -0.390. The van der Waals surface area contributed by atoms with Gasteiger partial charge in [-0.2, -0.15) is 0 Å². The standard InChI is InChI=1S/C20H18ClN3O2S/c1-24-9-8-12-16(10-24)27-20-17(12)19(25)22-18(23-20)15-7-6-14(26-15)11-4-2-3-5-13(11)21/h2-7,18,23H,8-10H2,1H3,(H,22,25). The monoisotopic (exact) mass is 399 g/mol. The predicted molar refractivity (Wildman–Crippen MR) is 107 cm³/mol. The minimum absolute atomic E-state index is 0.0357. The lowest BCUT2D eigenvalue weighted by atomic mass is 10.0. The van der Waals surface area contributed by atoms with Crippen LogP contribution >= 0.6 is 22.9 Å². The summed E-state index contributed by atoms with van der Waals surface area (Å²) >= 11 is 7.94. The number of rotatable bonds is 2. The summed E-state index contributed by atoms with van der Waals surface area (Å²) in [5, 5.41) is 8.03. The fourth-order valence-corrected chi connectivity index (χ4v) is 5.28. The molecular weight excluding hydrogens is 382 g/mol. The van der Waals surface area contributed by atoms with Crippen LogP contribution in [0.15, 0.2) is 40.8 Å². The molecule has 2 aliphatic rings. The van der Waals surface area contributed by atoms with Gasteiger partial charge in [-0.25, -0.2) is 0 Å². The van der Waals surface area contributed by atoms with Crippen LogP contribution in [0.2, 0.25) is 5.02 Å². The predicted octanol–water partition coefficient (Wildman–Crippen LogP) is 4.50. The number of amides is 1. The highest BCUT2D eigenvalue weighted by Crippen LogP contribution is 2.41. The van der Waals surface area contributed by atoms with E-state index in [1.54, 1.807) is 11.3 Å². The second kappa shape index (κ2) is 6.41. The second-order valence-electron chi connectivity index (χ2n) is 6.93. The van der Waals surface area contributed by atoms with Crippen LogP contribution in [0.4, 0.5) is 5.00 Å². The zero-order valence-electron chi connectivity index (χ0n) is 14.7. The quantitative estimate of drug-likeness (QED) is 0.666. The summed E-state index contributed by atoms with van der Waals surface area (Å²) in [6.45, 7) is 1.87. The number of carbonyl (C=O) groups is 1. The summed E-state index contributed by atoms with van der Waals surface area (Å²) in [5.74, 6) is 1.31. The number of nitrogens with one attached hydrogen (secondary N) is 2. The average Bonchev–Trinajstić information content (AvgIpc) is 3.26. The van der Waals surface area contributed by atoms with Crippen LogP contribution in [0, 0.1) is 0 Å². The molecule has 138 valence electrons. The smallest absolute Gasteiger partial charge is 0.256 e. The third-order valence-electron chi connectivity index (χ3n) is 5.08. The summed E-state index contributed by atoms with van der Waals surface area (Å²) in [5.41, 5.74) is 2.83. The van der Waals surface area contributed by atoms with Crippen molar-refractivity contribution in [2.45, 2.75) is 19.1 Å². The number of hydrogen-bond donors (Lipinski definition) is 2. The van der Waals surface area contributed by atoms with Crippen molar-refractivity contribution in [1.82, 2.24) is 10.2 Å². The van der Waals surface area contributed by atoms with E-state index in [-0.39, 0.29) is 12.1 Å². The molecule has 3 aromatic rings. The molecule has 0 saturated carbocycles. The topological polar surface area (TPSA) is 57.5 Å². The van der Waals surface area contributed by atoms with Gasteiger partial charge < -0.3 is 20.0 Å². The molecule has 1 amide bonds. The van der Waals surface area contributed by atoms with Gasteiger partial charge in [0.2, 0.25) is 0 Å². The van der Waals surface area contributed by atoms with Crippen molar-refractivity contribution < 1.29 is 9.21 Å². The molecule has 2 N–H and O–H groups in total. The molecule has 0 fully saturated rings. The van der Waals surface area contributed by atoms with E-state index in [9.17, 15) is 4.79 Å². The Morgan fingerprint density at radius 1 is 1.22 bits per heavy atom. The van der Waals surface area contributed by atoms with Gasteiger partial charge in [0.15, 0.2) is 6.17 Å². The number of benzene rings is 1. The Morgan fingerprint density at radius 2 is 2.07 bits per heavy atom. The molecular formula is C20H18ClN3O2S. The Bertz CT molecular complexity index is 1040. The maximum atomic E-state index is 12.8. The number of nitrogens with zero attached hydrogens (tertiary/aromatic N) is 1. The number of anilines is 1. The molecule has 27 heavy (non-hydrogen) atoms. The molecule has 0 saturated heterocycles. The van der Waals surface area contributed by atoms with Crippen LogP contribution in [-0.4, -0.2) is 24.4 Å². The highest BCUT2D eigenvalue weighted by atomic mass is 35.5. The van der Waals surface area contributed by atoms with Crippen LogP contribution in [0.1, 0.15) is 32.7 Å². The minimum Gasteiger partial charge on any atom is -0.457 e. The number of furan rings is 1. The third kappa shape index (κ3) is 2.84. The Kier molecular flexibility index (Phi) is 4.00. The molecule has 2 aromatic heterocycles. The lowest BCUT2D eigenvalue weighted by Crippen LogP contribution is -2.38.